The molecule has 0 aromatic carbocycles. The Balaban J connectivity index is 2.27. The van der Waals surface area contributed by atoms with Crippen molar-refractivity contribution in [3.63, 3.8) is 0 Å². The van der Waals surface area contributed by atoms with Gasteiger partial charge in [-0.05, 0) is 12.8 Å². The Morgan fingerprint density at radius 3 is 2.80 bits per heavy atom. The highest BCUT2D eigenvalue weighted by Crippen LogP contribution is 2.13. The first-order chi connectivity index (χ1) is 7.13. The van der Waals surface area contributed by atoms with E-state index in [1.54, 1.807) is 0 Å². The van der Waals surface area contributed by atoms with Crippen molar-refractivity contribution >= 4 is 28.0 Å². The van der Waals surface area contributed by atoms with Crippen LogP contribution in [0.15, 0.2) is 5.38 Å². The lowest BCUT2D eigenvalue weighted by Crippen LogP contribution is -2.18. The monoisotopic (exact) mass is 226 g/mol. The Morgan fingerprint density at radius 1 is 1.53 bits per heavy atom. The molecule has 0 amide bonds. The first-order valence-corrected chi connectivity index (χ1v) is 5.33. The molecule has 0 aliphatic carbocycles. The SMILES string of the molecule is N[CH]C(=O)C(=O)CCCc1csc(N)n1. The molecule has 0 fully saturated rings. The Kier molecular flexibility index (Phi) is 4.38. The van der Waals surface area contributed by atoms with E-state index in [0.29, 0.717) is 18.0 Å². The largest absolute Gasteiger partial charge is 0.375 e. The lowest BCUT2D eigenvalue weighted by atomic mass is 10.1. The van der Waals surface area contributed by atoms with Gasteiger partial charge >= 0.3 is 0 Å². The third-order valence-electron chi connectivity index (χ3n) is 1.83. The van der Waals surface area contributed by atoms with Gasteiger partial charge in [0.05, 0.1) is 12.2 Å². The zero-order chi connectivity index (χ0) is 11.3. The number of nitrogens with two attached hydrogens (primary N) is 2. The number of nitrogens with zero attached hydrogens (tertiary/aromatic N) is 1. The number of carbonyl (C=O) groups excluding carboxylic acids is 2. The summed E-state index contributed by atoms with van der Waals surface area (Å²) < 4.78 is 0. The lowest BCUT2D eigenvalue weighted by molar-refractivity contribution is -0.134. The summed E-state index contributed by atoms with van der Waals surface area (Å²) in [6.07, 6.45) is 1.43. The van der Waals surface area contributed by atoms with Crippen LogP contribution in [-0.4, -0.2) is 16.6 Å². The summed E-state index contributed by atoms with van der Waals surface area (Å²) in [6.45, 7) is 0.795. The second kappa shape index (κ2) is 5.57. The van der Waals surface area contributed by atoms with E-state index in [1.165, 1.54) is 11.3 Å². The van der Waals surface area contributed by atoms with E-state index in [9.17, 15) is 9.59 Å². The van der Waals surface area contributed by atoms with Gasteiger partial charge in [0, 0.05) is 11.8 Å². The van der Waals surface area contributed by atoms with Crippen LogP contribution in [0.2, 0.25) is 0 Å². The van der Waals surface area contributed by atoms with Crippen molar-refractivity contribution in [1.82, 2.24) is 4.98 Å². The molecule has 0 bridgehead atoms. The van der Waals surface area contributed by atoms with E-state index in [1.807, 2.05) is 5.38 Å². The number of aromatic nitrogens is 1. The van der Waals surface area contributed by atoms with Crippen molar-refractivity contribution in [2.45, 2.75) is 19.3 Å². The number of anilines is 1. The predicted octanol–water partition coefficient (Wildman–Crippen LogP) is 0.307. The van der Waals surface area contributed by atoms with E-state index < -0.39 is 11.6 Å². The number of hydrogen-bond donors (Lipinski definition) is 2. The van der Waals surface area contributed by atoms with Crippen LogP contribution in [0, 0.1) is 6.54 Å². The quantitative estimate of drug-likeness (QED) is 0.680. The van der Waals surface area contributed by atoms with Crippen molar-refractivity contribution < 1.29 is 9.59 Å². The van der Waals surface area contributed by atoms with Crippen molar-refractivity contribution in [3.05, 3.63) is 17.6 Å². The zero-order valence-electron chi connectivity index (χ0n) is 8.10. The van der Waals surface area contributed by atoms with Crippen LogP contribution in [-0.2, 0) is 16.0 Å². The highest BCUT2D eigenvalue weighted by atomic mass is 32.1. The minimum atomic E-state index is -0.632. The molecule has 0 atom stereocenters. The summed E-state index contributed by atoms with van der Waals surface area (Å²) >= 11 is 1.36. The molecule has 0 aliphatic heterocycles. The first-order valence-electron chi connectivity index (χ1n) is 4.45. The fourth-order valence-corrected chi connectivity index (χ4v) is 1.68. The number of aryl methyl sites for hydroxylation is 1. The fourth-order valence-electron chi connectivity index (χ4n) is 1.08. The Morgan fingerprint density at radius 2 is 2.27 bits per heavy atom. The summed E-state index contributed by atoms with van der Waals surface area (Å²) in [5.74, 6) is -1.09. The molecule has 81 valence electrons. The predicted molar refractivity (Wildman–Crippen MR) is 58.0 cm³/mol. The summed E-state index contributed by atoms with van der Waals surface area (Å²) in [7, 11) is 0. The minimum absolute atomic E-state index is 0.198. The van der Waals surface area contributed by atoms with Gasteiger partial charge in [0.2, 0.25) is 5.78 Å². The smallest absolute Gasteiger partial charge is 0.217 e. The van der Waals surface area contributed by atoms with Crippen LogP contribution < -0.4 is 11.5 Å². The van der Waals surface area contributed by atoms with E-state index in [2.05, 4.69) is 4.98 Å². The van der Waals surface area contributed by atoms with Crippen molar-refractivity contribution in [2.24, 2.45) is 5.73 Å². The van der Waals surface area contributed by atoms with Crippen LogP contribution in [0.25, 0.3) is 0 Å². The van der Waals surface area contributed by atoms with Gasteiger partial charge in [-0.25, -0.2) is 4.98 Å². The third kappa shape index (κ3) is 3.77. The molecule has 0 saturated carbocycles. The van der Waals surface area contributed by atoms with E-state index >= 15 is 0 Å². The molecule has 0 aliphatic rings. The molecule has 5 nitrogen and oxygen atoms in total. The molecular weight excluding hydrogens is 214 g/mol. The highest BCUT2D eigenvalue weighted by Gasteiger charge is 2.11. The highest BCUT2D eigenvalue weighted by molar-refractivity contribution is 7.13. The Bertz CT molecular complexity index is 362. The number of hydrogen-bond acceptors (Lipinski definition) is 6. The van der Waals surface area contributed by atoms with Gasteiger partial charge < -0.3 is 11.5 Å². The first kappa shape index (κ1) is 11.8. The van der Waals surface area contributed by atoms with E-state index in [-0.39, 0.29) is 6.42 Å². The van der Waals surface area contributed by atoms with Gasteiger partial charge in [0.15, 0.2) is 10.9 Å². The fraction of sp³-hybridized carbons (Fsp3) is 0.333. The summed E-state index contributed by atoms with van der Waals surface area (Å²) in [5.41, 5.74) is 11.2. The lowest BCUT2D eigenvalue weighted by Gasteiger charge is -1.96. The maximum absolute atomic E-state index is 11.1. The molecule has 6 heteroatoms. The summed E-state index contributed by atoms with van der Waals surface area (Å²) in [5, 5.41) is 2.36. The number of thiazole rings is 1. The molecule has 4 N–H and O–H groups in total. The topological polar surface area (TPSA) is 99.1 Å². The molecule has 0 unspecified atom stereocenters. The molecule has 1 heterocycles. The maximum Gasteiger partial charge on any atom is 0.217 e. The van der Waals surface area contributed by atoms with Gasteiger partial charge in [-0.2, -0.15) is 0 Å². The Hall–Kier alpha value is -1.27. The van der Waals surface area contributed by atoms with Crippen LogP contribution in [0.1, 0.15) is 18.5 Å². The van der Waals surface area contributed by atoms with Crippen LogP contribution in [0.4, 0.5) is 5.13 Å². The van der Waals surface area contributed by atoms with Gasteiger partial charge in [0.25, 0.3) is 0 Å². The van der Waals surface area contributed by atoms with Crippen molar-refractivity contribution in [2.75, 3.05) is 5.73 Å². The molecule has 15 heavy (non-hydrogen) atoms. The average molecular weight is 226 g/mol. The molecule has 1 aromatic rings. The van der Waals surface area contributed by atoms with Crippen LogP contribution in [0.3, 0.4) is 0 Å². The molecule has 1 radical (unpaired) electrons. The van der Waals surface area contributed by atoms with Gasteiger partial charge in [-0.1, -0.05) is 0 Å². The third-order valence-corrected chi connectivity index (χ3v) is 2.56. The number of carbonyl (C=O) groups is 2. The van der Waals surface area contributed by atoms with Crippen LogP contribution in [0.5, 0.6) is 0 Å². The molecule has 0 spiro atoms. The van der Waals surface area contributed by atoms with Gasteiger partial charge in [-0.15, -0.1) is 11.3 Å². The number of Topliss-reactive ketones (excluding diaryl/α,β-unsaturated/α-hetero) is 2. The zero-order valence-corrected chi connectivity index (χ0v) is 8.92. The average Bonchev–Trinajstić information content (AvgIpc) is 2.63. The minimum Gasteiger partial charge on any atom is -0.375 e. The van der Waals surface area contributed by atoms with Crippen molar-refractivity contribution in [3.8, 4) is 0 Å². The number of ketones is 2. The van der Waals surface area contributed by atoms with Crippen LogP contribution >= 0.6 is 11.3 Å². The number of rotatable bonds is 6. The summed E-state index contributed by atoms with van der Waals surface area (Å²) in [6, 6.07) is 0. The normalized spacial score (nSPS) is 10.2. The van der Waals surface area contributed by atoms with E-state index in [0.717, 1.165) is 12.2 Å². The second-order valence-corrected chi connectivity index (χ2v) is 3.87. The summed E-state index contributed by atoms with van der Waals surface area (Å²) in [4.78, 5) is 25.9. The number of nitrogen functional groups attached to an aromatic ring is 1. The standard InChI is InChI=1S/C9H12N3O2S/c10-4-8(14)7(13)3-1-2-6-5-15-9(11)12-6/h4-5H,1-3,10H2,(H2,11,12). The molecular formula is C9H12N3O2S. The van der Waals surface area contributed by atoms with Gasteiger partial charge in [0.1, 0.15) is 0 Å². The second-order valence-electron chi connectivity index (χ2n) is 2.98. The van der Waals surface area contributed by atoms with E-state index in [4.69, 9.17) is 11.5 Å². The molecule has 1 rings (SSSR count). The van der Waals surface area contributed by atoms with Crippen molar-refractivity contribution in [1.29, 1.82) is 0 Å². The van der Waals surface area contributed by atoms with Gasteiger partial charge in [-0.3, -0.25) is 9.59 Å². The maximum atomic E-state index is 11.1. The Labute approximate surface area is 91.5 Å². The molecule has 1 aromatic heterocycles. The molecule has 0 saturated heterocycles.